The molecule has 1 N–H and O–H groups in total. The van der Waals surface area contributed by atoms with Gasteiger partial charge in [-0.05, 0) is 24.3 Å². The Bertz CT molecular complexity index is 1150. The molecule has 3 aromatic rings. The lowest BCUT2D eigenvalue weighted by Gasteiger charge is -2.11. The average Bonchev–Trinajstić information content (AvgIpc) is 3.02. The van der Waals surface area contributed by atoms with Crippen molar-refractivity contribution in [3.8, 4) is 11.5 Å². The van der Waals surface area contributed by atoms with Crippen LogP contribution < -0.4 is 0 Å². The summed E-state index contributed by atoms with van der Waals surface area (Å²) in [6, 6.07) is 3.06. The zero-order chi connectivity index (χ0) is 20.9. The Morgan fingerprint density at radius 2 is 1.64 bits per heavy atom. The maximum absolute atomic E-state index is 13.0. The van der Waals surface area contributed by atoms with E-state index in [1.807, 2.05) is 0 Å². The maximum Gasteiger partial charge on any atom is 0.417 e. The van der Waals surface area contributed by atoms with E-state index >= 15 is 0 Å². The van der Waals surface area contributed by atoms with Gasteiger partial charge >= 0.3 is 12.4 Å². The number of pyridine rings is 1. The van der Waals surface area contributed by atoms with E-state index in [0.717, 1.165) is 18.2 Å². The van der Waals surface area contributed by atoms with Crippen molar-refractivity contribution in [2.24, 2.45) is 0 Å². The van der Waals surface area contributed by atoms with Crippen LogP contribution in [-0.4, -0.2) is 29.1 Å². The Labute approximate surface area is 154 Å². The smallest absolute Gasteiger partial charge is 0.337 e. The molecule has 0 amide bonds. The van der Waals surface area contributed by atoms with E-state index < -0.39 is 49.7 Å². The van der Waals surface area contributed by atoms with Crippen LogP contribution in [0.5, 0.6) is 0 Å². The van der Waals surface area contributed by atoms with Crippen LogP contribution in [-0.2, 0) is 22.2 Å². The molecule has 0 radical (unpaired) electrons. The quantitative estimate of drug-likeness (QED) is 0.632. The molecule has 2 aromatic heterocycles. The fourth-order valence-corrected chi connectivity index (χ4v) is 3.53. The van der Waals surface area contributed by atoms with E-state index in [-0.39, 0.29) is 16.9 Å². The number of imidazole rings is 1. The Hall–Kier alpha value is -2.63. The summed E-state index contributed by atoms with van der Waals surface area (Å²) < 4.78 is 102. The SMILES string of the molecule is CCS(=O)(=O)c1cc(C(F)(F)F)cnc1-c1nc2ccc(C(F)(F)F)cc2[nH]1. The van der Waals surface area contributed by atoms with Crippen molar-refractivity contribution in [2.75, 3.05) is 5.75 Å². The van der Waals surface area contributed by atoms with Crippen LogP contribution in [0.4, 0.5) is 26.3 Å². The molecule has 0 saturated carbocycles. The number of aromatic amines is 1. The molecule has 12 heteroatoms. The van der Waals surface area contributed by atoms with Gasteiger partial charge in [0, 0.05) is 6.20 Å². The number of hydrogen-bond donors (Lipinski definition) is 1. The van der Waals surface area contributed by atoms with Crippen molar-refractivity contribution in [1.29, 1.82) is 0 Å². The lowest BCUT2D eigenvalue weighted by atomic mass is 10.2. The fourth-order valence-electron chi connectivity index (χ4n) is 2.47. The predicted octanol–water partition coefficient (Wildman–Crippen LogP) is 4.46. The minimum absolute atomic E-state index is 0.0635. The summed E-state index contributed by atoms with van der Waals surface area (Å²) in [7, 11) is -4.13. The first-order chi connectivity index (χ1) is 12.8. The number of nitrogens with one attached hydrogen (secondary N) is 1. The van der Waals surface area contributed by atoms with Crippen molar-refractivity contribution >= 4 is 20.9 Å². The van der Waals surface area contributed by atoms with Crippen molar-refractivity contribution in [2.45, 2.75) is 24.2 Å². The highest BCUT2D eigenvalue weighted by molar-refractivity contribution is 7.91. The Morgan fingerprint density at radius 1 is 1.00 bits per heavy atom. The minimum atomic E-state index is -4.82. The van der Waals surface area contributed by atoms with Gasteiger partial charge < -0.3 is 4.98 Å². The average molecular weight is 423 g/mol. The van der Waals surface area contributed by atoms with Crippen molar-refractivity contribution in [3.63, 3.8) is 0 Å². The van der Waals surface area contributed by atoms with Gasteiger partial charge in [-0.1, -0.05) is 6.92 Å². The number of fused-ring (bicyclic) bond motifs is 1. The van der Waals surface area contributed by atoms with Gasteiger partial charge in [0.2, 0.25) is 0 Å². The molecular formula is C16H11F6N3O2S. The van der Waals surface area contributed by atoms with Crippen LogP contribution in [0.25, 0.3) is 22.6 Å². The molecule has 0 bridgehead atoms. The first kappa shape index (κ1) is 20.1. The van der Waals surface area contributed by atoms with Crippen molar-refractivity contribution < 1.29 is 34.8 Å². The zero-order valence-corrected chi connectivity index (χ0v) is 14.8. The van der Waals surface area contributed by atoms with Gasteiger partial charge in [0.05, 0.1) is 32.8 Å². The van der Waals surface area contributed by atoms with Gasteiger partial charge in [-0.15, -0.1) is 0 Å². The highest BCUT2D eigenvalue weighted by Gasteiger charge is 2.34. The van der Waals surface area contributed by atoms with E-state index in [1.54, 1.807) is 0 Å². The molecule has 0 aliphatic heterocycles. The molecule has 0 atom stereocenters. The third-order valence-corrected chi connectivity index (χ3v) is 5.67. The summed E-state index contributed by atoms with van der Waals surface area (Å²) in [6.45, 7) is 1.24. The largest absolute Gasteiger partial charge is 0.417 e. The molecule has 0 aliphatic carbocycles. The van der Waals surface area contributed by atoms with Gasteiger partial charge in [-0.2, -0.15) is 26.3 Å². The van der Waals surface area contributed by atoms with Crippen LogP contribution in [0.2, 0.25) is 0 Å². The standard InChI is InChI=1S/C16H11F6N3O2S/c1-2-28(26,27)12-6-9(16(20,21)22)7-23-13(12)14-24-10-4-3-8(15(17,18)19)5-11(10)25-14/h3-7H,2H2,1H3,(H,24,25). The van der Waals surface area contributed by atoms with Crippen LogP contribution in [0, 0.1) is 0 Å². The van der Waals surface area contributed by atoms with Crippen LogP contribution >= 0.6 is 0 Å². The molecule has 0 aliphatic rings. The maximum atomic E-state index is 13.0. The number of aromatic nitrogens is 3. The van der Waals surface area contributed by atoms with Crippen LogP contribution in [0.1, 0.15) is 18.1 Å². The van der Waals surface area contributed by atoms with E-state index in [0.29, 0.717) is 12.3 Å². The molecule has 0 spiro atoms. The van der Waals surface area contributed by atoms with Crippen molar-refractivity contribution in [3.05, 3.63) is 41.6 Å². The molecule has 150 valence electrons. The number of benzene rings is 1. The van der Waals surface area contributed by atoms with E-state index in [1.165, 1.54) is 6.92 Å². The first-order valence-corrected chi connectivity index (χ1v) is 9.35. The first-order valence-electron chi connectivity index (χ1n) is 7.70. The third kappa shape index (κ3) is 3.68. The lowest BCUT2D eigenvalue weighted by Crippen LogP contribution is -2.12. The summed E-state index contributed by atoms with van der Waals surface area (Å²) in [5, 5.41) is 0. The van der Waals surface area contributed by atoms with E-state index in [2.05, 4.69) is 15.0 Å². The zero-order valence-electron chi connectivity index (χ0n) is 14.0. The summed E-state index contributed by atoms with van der Waals surface area (Å²) in [6.07, 6.45) is -8.99. The molecule has 28 heavy (non-hydrogen) atoms. The molecular weight excluding hydrogens is 412 g/mol. The number of alkyl halides is 6. The summed E-state index contributed by atoms with van der Waals surface area (Å²) in [5.41, 5.74) is -2.62. The summed E-state index contributed by atoms with van der Waals surface area (Å²) in [4.78, 5) is 9.35. The molecule has 1 aromatic carbocycles. The second-order valence-corrected chi connectivity index (χ2v) is 8.03. The number of H-pyrrole nitrogens is 1. The topological polar surface area (TPSA) is 75.7 Å². The van der Waals surface area contributed by atoms with E-state index in [4.69, 9.17) is 0 Å². The molecule has 0 fully saturated rings. The molecule has 3 rings (SSSR count). The van der Waals surface area contributed by atoms with Crippen molar-refractivity contribution in [1.82, 2.24) is 15.0 Å². The Morgan fingerprint density at radius 3 is 2.21 bits per heavy atom. The lowest BCUT2D eigenvalue weighted by molar-refractivity contribution is -0.138. The van der Waals surface area contributed by atoms with Crippen LogP contribution in [0.15, 0.2) is 35.4 Å². The summed E-state index contributed by atoms with van der Waals surface area (Å²) in [5.74, 6) is -0.753. The predicted molar refractivity (Wildman–Crippen MR) is 87.1 cm³/mol. The fraction of sp³-hybridized carbons (Fsp3) is 0.250. The third-order valence-electron chi connectivity index (χ3n) is 3.93. The normalized spacial score (nSPS) is 13.2. The molecule has 5 nitrogen and oxygen atoms in total. The van der Waals surface area contributed by atoms with E-state index in [9.17, 15) is 34.8 Å². The number of nitrogens with zero attached hydrogens (tertiary/aromatic N) is 2. The Kier molecular flexibility index (Phi) is 4.64. The summed E-state index contributed by atoms with van der Waals surface area (Å²) >= 11 is 0. The highest BCUT2D eigenvalue weighted by Crippen LogP contribution is 2.35. The minimum Gasteiger partial charge on any atom is -0.337 e. The molecule has 0 unspecified atom stereocenters. The van der Waals surface area contributed by atoms with Gasteiger partial charge in [0.25, 0.3) is 0 Å². The number of rotatable bonds is 3. The second kappa shape index (κ2) is 6.47. The van der Waals surface area contributed by atoms with Gasteiger partial charge in [0.15, 0.2) is 15.7 Å². The van der Waals surface area contributed by atoms with Gasteiger partial charge in [-0.25, -0.2) is 13.4 Å². The second-order valence-electron chi connectivity index (χ2n) is 5.79. The van der Waals surface area contributed by atoms with Crippen LogP contribution in [0.3, 0.4) is 0 Å². The number of sulfone groups is 1. The highest BCUT2D eigenvalue weighted by atomic mass is 32.2. The molecule has 0 saturated heterocycles. The number of halogens is 6. The van der Waals surface area contributed by atoms with Gasteiger partial charge in [-0.3, -0.25) is 4.98 Å². The van der Waals surface area contributed by atoms with Gasteiger partial charge in [0.1, 0.15) is 5.69 Å². The number of hydrogen-bond acceptors (Lipinski definition) is 4. The monoisotopic (exact) mass is 423 g/mol. The molecule has 2 heterocycles. The Balaban J connectivity index is 2.23.